The second-order valence-corrected chi connectivity index (χ2v) is 10.1. The van der Waals surface area contributed by atoms with Crippen LogP contribution in [0, 0.1) is 17.8 Å². The number of nitrogens with one attached hydrogen (secondary N) is 1. The summed E-state index contributed by atoms with van der Waals surface area (Å²) in [6, 6.07) is 9.50. The van der Waals surface area contributed by atoms with Crippen molar-refractivity contribution < 1.29 is 23.8 Å². The van der Waals surface area contributed by atoms with Gasteiger partial charge in [0.1, 0.15) is 17.2 Å². The van der Waals surface area contributed by atoms with Gasteiger partial charge in [-0.2, -0.15) is 4.98 Å². The van der Waals surface area contributed by atoms with Gasteiger partial charge in [-0.15, -0.1) is 6.42 Å². The fourth-order valence-electron chi connectivity index (χ4n) is 4.57. The van der Waals surface area contributed by atoms with Crippen molar-refractivity contribution in [2.75, 3.05) is 13.7 Å². The Morgan fingerprint density at radius 1 is 1.29 bits per heavy atom. The van der Waals surface area contributed by atoms with E-state index in [-0.39, 0.29) is 28.6 Å². The van der Waals surface area contributed by atoms with Gasteiger partial charge in [-0.25, -0.2) is 9.97 Å². The number of benzene rings is 1. The summed E-state index contributed by atoms with van der Waals surface area (Å²) in [5, 5.41) is 2.63. The van der Waals surface area contributed by atoms with Gasteiger partial charge < -0.3 is 19.5 Å². The highest BCUT2D eigenvalue weighted by molar-refractivity contribution is 6.35. The number of amides is 1. The molecule has 3 heterocycles. The molecule has 38 heavy (non-hydrogen) atoms. The predicted octanol–water partition coefficient (Wildman–Crippen LogP) is 3.37. The lowest BCUT2D eigenvalue weighted by Gasteiger charge is -2.33. The average Bonchev–Trinajstić information content (AvgIpc) is 3.42. The van der Waals surface area contributed by atoms with E-state index in [4.69, 9.17) is 43.8 Å². The number of carbonyl (C=O) groups is 2. The topological polar surface area (TPSA) is 117 Å². The number of aromatic nitrogens is 4. The number of hydrogen-bond acceptors (Lipinski definition) is 8. The first kappa shape index (κ1) is 27.8. The molecule has 12 heteroatoms. The second kappa shape index (κ2) is 10.9. The molecule has 1 amide bonds. The van der Waals surface area contributed by atoms with E-state index >= 15 is 0 Å². The third kappa shape index (κ3) is 5.20. The molecule has 10 nitrogen and oxygen atoms in total. The van der Waals surface area contributed by atoms with Crippen molar-refractivity contribution in [2.45, 2.75) is 51.2 Å². The smallest absolute Gasteiger partial charge is 0.303 e. The molecule has 0 spiro atoms. The van der Waals surface area contributed by atoms with E-state index in [2.05, 4.69) is 26.2 Å². The number of nitrogens with zero attached hydrogens (tertiary/aromatic N) is 4. The standard InChI is InChI=1S/C26H27Cl2N5O5/c1-6-25(3)17(13-36-26(4,23(35)29-5)12-16-10-8-7-9-11-16)38-22(19(25)37-15(2)34)33-14-30-18-20(27)31-24(28)32-21(18)33/h1,7-11,14,17,19,22H,12-13H2,2-5H3,(H,29,35)/t17-,19+,22-,25+,26?/m1/s1. The maximum absolute atomic E-state index is 12.9. The predicted molar refractivity (Wildman–Crippen MR) is 140 cm³/mol. The van der Waals surface area contributed by atoms with Crippen LogP contribution < -0.4 is 5.32 Å². The molecule has 0 bridgehead atoms. The number of esters is 1. The Bertz CT molecular complexity index is 1390. The third-order valence-electron chi connectivity index (χ3n) is 6.70. The summed E-state index contributed by atoms with van der Waals surface area (Å²) < 4.78 is 19.9. The number of imidazole rings is 1. The van der Waals surface area contributed by atoms with Crippen molar-refractivity contribution in [3.63, 3.8) is 0 Å². The lowest BCUT2D eigenvalue weighted by Crippen LogP contribution is -2.49. The Kier molecular flexibility index (Phi) is 7.95. The van der Waals surface area contributed by atoms with Gasteiger partial charge in [0, 0.05) is 20.4 Å². The van der Waals surface area contributed by atoms with E-state index in [1.807, 2.05) is 30.3 Å². The number of halogens is 2. The van der Waals surface area contributed by atoms with Crippen molar-refractivity contribution in [1.82, 2.24) is 24.8 Å². The molecule has 0 saturated carbocycles. The van der Waals surface area contributed by atoms with Crippen LogP contribution in [-0.2, 0) is 30.2 Å². The molecule has 4 rings (SSSR count). The van der Waals surface area contributed by atoms with Crippen LogP contribution in [-0.4, -0.2) is 62.9 Å². The summed E-state index contributed by atoms with van der Waals surface area (Å²) in [7, 11) is 1.54. The lowest BCUT2D eigenvalue weighted by atomic mass is 9.81. The highest BCUT2D eigenvalue weighted by Gasteiger charge is 2.57. The summed E-state index contributed by atoms with van der Waals surface area (Å²) in [6.45, 7) is 4.64. The first-order chi connectivity index (χ1) is 18.0. The number of fused-ring (bicyclic) bond motifs is 1. The number of likely N-dealkylation sites (N-methyl/N-ethyl adjacent to an activating group) is 1. The molecule has 1 aliphatic rings. The minimum absolute atomic E-state index is 0.0580. The van der Waals surface area contributed by atoms with E-state index in [1.54, 1.807) is 25.5 Å². The maximum Gasteiger partial charge on any atom is 0.303 e. The molecular formula is C26H27Cl2N5O5. The van der Waals surface area contributed by atoms with Crippen LogP contribution in [0.4, 0.5) is 0 Å². The monoisotopic (exact) mass is 559 g/mol. The Morgan fingerprint density at radius 2 is 2.00 bits per heavy atom. The average molecular weight is 560 g/mol. The van der Waals surface area contributed by atoms with Crippen LogP contribution in [0.25, 0.3) is 11.2 Å². The van der Waals surface area contributed by atoms with Gasteiger partial charge in [0.05, 0.1) is 18.3 Å². The number of rotatable bonds is 8. The zero-order chi connectivity index (χ0) is 27.7. The molecule has 200 valence electrons. The van der Waals surface area contributed by atoms with Crippen LogP contribution in [0.15, 0.2) is 36.7 Å². The number of ether oxygens (including phenoxy) is 3. The molecule has 1 aliphatic heterocycles. The van der Waals surface area contributed by atoms with Crippen molar-refractivity contribution in [1.29, 1.82) is 0 Å². The van der Waals surface area contributed by atoms with Crippen LogP contribution in [0.2, 0.25) is 10.4 Å². The van der Waals surface area contributed by atoms with Gasteiger partial charge in [0.15, 0.2) is 23.1 Å². The lowest BCUT2D eigenvalue weighted by molar-refractivity contribution is -0.156. The number of hydrogen-bond donors (Lipinski definition) is 1. The van der Waals surface area contributed by atoms with Gasteiger partial charge in [-0.05, 0) is 31.0 Å². The molecule has 3 aromatic rings. The van der Waals surface area contributed by atoms with Gasteiger partial charge >= 0.3 is 5.97 Å². The summed E-state index contributed by atoms with van der Waals surface area (Å²) >= 11 is 12.2. The van der Waals surface area contributed by atoms with E-state index in [1.165, 1.54) is 13.3 Å². The Hall–Kier alpha value is -3.23. The van der Waals surface area contributed by atoms with Gasteiger partial charge in [-0.3, -0.25) is 14.2 Å². The Morgan fingerprint density at radius 3 is 2.63 bits per heavy atom. The summed E-state index contributed by atoms with van der Waals surface area (Å²) in [5.74, 6) is 1.87. The van der Waals surface area contributed by atoms with E-state index < -0.39 is 35.4 Å². The van der Waals surface area contributed by atoms with Crippen molar-refractivity contribution in [3.8, 4) is 12.3 Å². The molecule has 1 fully saturated rings. The van der Waals surface area contributed by atoms with E-state index in [9.17, 15) is 9.59 Å². The second-order valence-electron chi connectivity index (χ2n) is 9.36. The fourth-order valence-corrected chi connectivity index (χ4v) is 4.99. The molecular weight excluding hydrogens is 533 g/mol. The van der Waals surface area contributed by atoms with Crippen LogP contribution in [0.3, 0.4) is 0 Å². The van der Waals surface area contributed by atoms with Crippen LogP contribution >= 0.6 is 23.2 Å². The Labute approximate surface area is 230 Å². The molecule has 1 unspecified atom stereocenters. The summed E-state index contributed by atoms with van der Waals surface area (Å²) in [6.07, 6.45) is 5.06. The first-order valence-electron chi connectivity index (χ1n) is 11.8. The fraction of sp³-hybridized carbons (Fsp3) is 0.423. The van der Waals surface area contributed by atoms with Crippen LogP contribution in [0.5, 0.6) is 0 Å². The minimum atomic E-state index is -1.24. The molecule has 2 aromatic heterocycles. The van der Waals surface area contributed by atoms with Crippen molar-refractivity contribution >= 4 is 46.2 Å². The SMILES string of the molecule is C#C[C@@]1(C)[C@@H](COC(C)(Cc2ccccc2)C(=O)NC)O[C@@H](n2cnc3c(Cl)nc(Cl)nc32)[C@@H]1OC(C)=O. The van der Waals surface area contributed by atoms with Gasteiger partial charge in [0.25, 0.3) is 5.91 Å². The van der Waals surface area contributed by atoms with Crippen LogP contribution in [0.1, 0.15) is 32.6 Å². The third-order valence-corrected chi connectivity index (χ3v) is 7.13. The quantitative estimate of drug-likeness (QED) is 0.193. The Balaban J connectivity index is 1.69. The molecule has 0 aliphatic carbocycles. The van der Waals surface area contributed by atoms with Gasteiger partial charge in [-0.1, -0.05) is 47.9 Å². The zero-order valence-corrected chi connectivity index (χ0v) is 22.8. The molecule has 1 N–H and O–H groups in total. The normalized spacial score (nSPS) is 24.5. The first-order valence-corrected chi connectivity index (χ1v) is 12.5. The molecule has 1 aromatic carbocycles. The minimum Gasteiger partial charge on any atom is -0.456 e. The highest BCUT2D eigenvalue weighted by Crippen LogP contribution is 2.46. The van der Waals surface area contributed by atoms with Gasteiger partial charge in [0.2, 0.25) is 5.28 Å². The van der Waals surface area contributed by atoms with Crippen molar-refractivity contribution in [2.24, 2.45) is 5.41 Å². The molecule has 0 radical (unpaired) electrons. The van der Waals surface area contributed by atoms with Crippen molar-refractivity contribution in [3.05, 3.63) is 52.7 Å². The number of carbonyl (C=O) groups excluding carboxylic acids is 2. The zero-order valence-electron chi connectivity index (χ0n) is 21.3. The largest absolute Gasteiger partial charge is 0.456 e. The molecule has 1 saturated heterocycles. The maximum atomic E-state index is 12.9. The van der Waals surface area contributed by atoms with E-state index in [0.717, 1.165) is 5.56 Å². The summed E-state index contributed by atoms with van der Waals surface area (Å²) in [4.78, 5) is 37.4. The molecule has 5 atom stereocenters. The highest BCUT2D eigenvalue weighted by atomic mass is 35.5. The summed E-state index contributed by atoms with van der Waals surface area (Å²) in [5.41, 5.74) is -0.903. The van der Waals surface area contributed by atoms with E-state index in [0.29, 0.717) is 11.9 Å². The number of terminal acetylenes is 1.